The molecule has 3 amide bonds. The Kier molecular flexibility index (Phi) is 13.4. The fraction of sp³-hybridized carbons (Fsp3) is 0.700. The van der Waals surface area contributed by atoms with Gasteiger partial charge in [0.15, 0.2) is 11.9 Å². The molecule has 13 N–H and O–H groups in total. The third-order valence-corrected chi connectivity index (χ3v) is 5.87. The van der Waals surface area contributed by atoms with E-state index in [9.17, 15) is 24.3 Å². The molecule has 16 heteroatoms. The van der Waals surface area contributed by atoms with E-state index >= 15 is 0 Å². The van der Waals surface area contributed by atoms with Crippen LogP contribution in [0.4, 0.5) is 0 Å². The van der Waals surface area contributed by atoms with Gasteiger partial charge in [0.05, 0.1) is 6.04 Å². The molecular weight excluding hydrogens is 492 g/mol. The molecule has 1 aliphatic heterocycles. The van der Waals surface area contributed by atoms with Gasteiger partial charge in [-0.3, -0.25) is 24.4 Å². The second kappa shape index (κ2) is 15.7. The van der Waals surface area contributed by atoms with Gasteiger partial charge in [0, 0.05) is 25.4 Å². The molecule has 0 radical (unpaired) electrons. The van der Waals surface area contributed by atoms with Gasteiger partial charge in [0.2, 0.25) is 17.7 Å². The smallest absolute Gasteiger partial charge is 0.326 e. The van der Waals surface area contributed by atoms with Gasteiger partial charge < -0.3 is 49.3 Å². The van der Waals surface area contributed by atoms with Gasteiger partial charge in [0.1, 0.15) is 18.1 Å². The predicted octanol–water partition coefficient (Wildman–Crippen LogP) is -3.60. The summed E-state index contributed by atoms with van der Waals surface area (Å²) in [5, 5.41) is 14.6. The number of carbonyl (C=O) groups is 4. The summed E-state index contributed by atoms with van der Waals surface area (Å²) in [6, 6.07) is -4.00. The molecule has 0 aromatic rings. The molecule has 1 heterocycles. The minimum atomic E-state index is -1.11. The van der Waals surface area contributed by atoms with Gasteiger partial charge in [-0.05, 0) is 38.5 Å². The van der Waals surface area contributed by atoms with E-state index in [4.69, 9.17) is 28.7 Å². The molecule has 0 aliphatic carbocycles. The minimum Gasteiger partial charge on any atom is -0.480 e. The molecule has 1 rings (SSSR count). The van der Waals surface area contributed by atoms with Crippen molar-refractivity contribution < 1.29 is 24.3 Å². The number of nitrogens with one attached hydrogen (secondary N) is 2. The minimum absolute atomic E-state index is 0.0608. The largest absolute Gasteiger partial charge is 0.480 e. The Bertz CT molecular complexity index is 832. The molecule has 15 nitrogen and oxygen atoms in total. The SMILES string of the molecule is NC(N)=NCCCC(N)C(=O)NC(CS)C(=O)NC(CCCN=C(N)N)C(=O)N1CCCC1C(=O)O. The van der Waals surface area contributed by atoms with E-state index in [-0.39, 0.29) is 43.6 Å². The van der Waals surface area contributed by atoms with Crippen LogP contribution in [0.1, 0.15) is 38.5 Å². The molecule has 1 saturated heterocycles. The second-order valence-corrected chi connectivity index (χ2v) is 8.70. The summed E-state index contributed by atoms with van der Waals surface area (Å²) >= 11 is 4.14. The predicted molar refractivity (Wildman–Crippen MR) is 138 cm³/mol. The number of amides is 3. The number of hydrogen-bond acceptors (Lipinski definition) is 8. The number of guanidine groups is 2. The van der Waals surface area contributed by atoms with Crippen LogP contribution in [0.3, 0.4) is 0 Å². The summed E-state index contributed by atoms with van der Waals surface area (Å²) < 4.78 is 0. The molecule has 4 atom stereocenters. The van der Waals surface area contributed by atoms with Gasteiger partial charge >= 0.3 is 5.97 Å². The van der Waals surface area contributed by atoms with Crippen molar-refractivity contribution in [2.75, 3.05) is 25.4 Å². The number of carboxylic acids is 1. The first-order valence-electron chi connectivity index (χ1n) is 11.6. The van der Waals surface area contributed by atoms with Crippen molar-refractivity contribution in [2.45, 2.75) is 62.7 Å². The molecule has 0 saturated carbocycles. The molecule has 0 bridgehead atoms. The average molecular weight is 531 g/mol. The van der Waals surface area contributed by atoms with Crippen molar-refractivity contribution >= 4 is 48.2 Å². The molecule has 1 fully saturated rings. The van der Waals surface area contributed by atoms with Crippen LogP contribution in [-0.4, -0.2) is 95.2 Å². The first-order chi connectivity index (χ1) is 17.0. The van der Waals surface area contributed by atoms with Gasteiger partial charge in [0.25, 0.3) is 0 Å². The number of nitrogens with two attached hydrogens (primary N) is 5. The van der Waals surface area contributed by atoms with E-state index in [2.05, 4.69) is 33.2 Å². The van der Waals surface area contributed by atoms with Crippen LogP contribution in [-0.2, 0) is 19.2 Å². The molecule has 0 aromatic carbocycles. The number of hydrogen-bond donors (Lipinski definition) is 9. The van der Waals surface area contributed by atoms with Crippen LogP contribution in [0, 0.1) is 0 Å². The molecular formula is C20H38N10O5S. The highest BCUT2D eigenvalue weighted by Gasteiger charge is 2.38. The Morgan fingerprint density at radius 2 is 1.50 bits per heavy atom. The number of likely N-dealkylation sites (tertiary alicyclic amines) is 1. The fourth-order valence-corrected chi connectivity index (χ4v) is 3.90. The Labute approximate surface area is 215 Å². The van der Waals surface area contributed by atoms with Crippen LogP contribution < -0.4 is 39.3 Å². The van der Waals surface area contributed by atoms with Crippen molar-refractivity contribution in [3.05, 3.63) is 0 Å². The van der Waals surface area contributed by atoms with Crippen LogP contribution in [0.15, 0.2) is 9.98 Å². The van der Waals surface area contributed by atoms with E-state index in [0.29, 0.717) is 32.2 Å². The lowest BCUT2D eigenvalue weighted by molar-refractivity contribution is -0.149. The lowest BCUT2D eigenvalue weighted by atomic mass is 10.1. The number of aliphatic imine (C=N–C) groups is 2. The van der Waals surface area contributed by atoms with E-state index in [1.807, 2.05) is 0 Å². The number of nitrogens with zero attached hydrogens (tertiary/aromatic N) is 3. The van der Waals surface area contributed by atoms with E-state index in [1.165, 1.54) is 4.90 Å². The lowest BCUT2D eigenvalue weighted by Gasteiger charge is -2.28. The van der Waals surface area contributed by atoms with Crippen molar-refractivity contribution in [1.82, 2.24) is 15.5 Å². The second-order valence-electron chi connectivity index (χ2n) is 8.34. The molecule has 36 heavy (non-hydrogen) atoms. The molecule has 0 aromatic heterocycles. The van der Waals surface area contributed by atoms with Gasteiger partial charge in [-0.15, -0.1) is 0 Å². The third kappa shape index (κ3) is 10.6. The van der Waals surface area contributed by atoms with Crippen molar-refractivity contribution in [1.29, 1.82) is 0 Å². The van der Waals surface area contributed by atoms with Crippen molar-refractivity contribution in [2.24, 2.45) is 38.7 Å². The standard InChI is InChI=1S/C20H38N10O5S/c21-11(4-1-7-26-19(22)23)15(31)29-13(10-36)16(32)28-12(5-2-8-27-20(24)25)17(33)30-9-3-6-14(30)18(34)35/h11-14,36H,1-10,21H2,(H,28,32)(H,29,31)(H,34,35)(H4,22,23,26)(H4,24,25,27). The lowest BCUT2D eigenvalue weighted by Crippen LogP contribution is -2.57. The maximum atomic E-state index is 13.2. The van der Waals surface area contributed by atoms with E-state index in [0.717, 1.165) is 0 Å². The van der Waals surface area contributed by atoms with Gasteiger partial charge in [-0.1, -0.05) is 0 Å². The zero-order valence-corrected chi connectivity index (χ0v) is 21.0. The van der Waals surface area contributed by atoms with Crippen molar-refractivity contribution in [3.8, 4) is 0 Å². The highest BCUT2D eigenvalue weighted by atomic mass is 32.1. The zero-order valence-electron chi connectivity index (χ0n) is 20.1. The number of carbonyl (C=O) groups excluding carboxylic acids is 3. The number of thiol groups is 1. The fourth-order valence-electron chi connectivity index (χ4n) is 3.64. The summed E-state index contributed by atoms with van der Waals surface area (Å²) in [6.45, 7) is 0.778. The number of carboxylic acid groups (broad SMARTS) is 1. The monoisotopic (exact) mass is 530 g/mol. The topological polar surface area (TPSA) is 271 Å². The van der Waals surface area contributed by atoms with Crippen LogP contribution in [0.2, 0.25) is 0 Å². The molecule has 1 aliphatic rings. The van der Waals surface area contributed by atoms with E-state index in [1.54, 1.807) is 0 Å². The van der Waals surface area contributed by atoms with Crippen LogP contribution in [0.25, 0.3) is 0 Å². The first-order valence-corrected chi connectivity index (χ1v) is 12.2. The molecule has 4 unspecified atom stereocenters. The molecule has 0 spiro atoms. The maximum absolute atomic E-state index is 13.2. The first kappa shape index (κ1) is 30.8. The summed E-state index contributed by atoms with van der Waals surface area (Å²) in [4.78, 5) is 59.0. The summed E-state index contributed by atoms with van der Waals surface area (Å²) in [6.07, 6.45) is 2.10. The highest BCUT2D eigenvalue weighted by Crippen LogP contribution is 2.19. The number of rotatable bonds is 15. The van der Waals surface area contributed by atoms with Gasteiger partial charge in [-0.25, -0.2) is 4.79 Å². The highest BCUT2D eigenvalue weighted by molar-refractivity contribution is 7.80. The Balaban J connectivity index is 2.84. The maximum Gasteiger partial charge on any atom is 0.326 e. The average Bonchev–Trinajstić information content (AvgIpc) is 3.31. The number of aliphatic carboxylic acids is 1. The third-order valence-electron chi connectivity index (χ3n) is 5.50. The van der Waals surface area contributed by atoms with Crippen LogP contribution in [0.5, 0.6) is 0 Å². The normalized spacial score (nSPS) is 17.4. The Morgan fingerprint density at radius 1 is 0.944 bits per heavy atom. The molecule has 204 valence electrons. The van der Waals surface area contributed by atoms with E-state index < -0.39 is 47.9 Å². The Morgan fingerprint density at radius 3 is 2.03 bits per heavy atom. The van der Waals surface area contributed by atoms with Gasteiger partial charge in [-0.2, -0.15) is 12.6 Å². The summed E-state index contributed by atoms with van der Waals surface area (Å²) in [7, 11) is 0. The van der Waals surface area contributed by atoms with Crippen LogP contribution >= 0.6 is 12.6 Å². The quantitative estimate of drug-likeness (QED) is 0.0434. The summed E-state index contributed by atoms with van der Waals surface area (Å²) in [5.74, 6) is -3.10. The summed E-state index contributed by atoms with van der Waals surface area (Å²) in [5.41, 5.74) is 27.0. The zero-order chi connectivity index (χ0) is 27.3. The van der Waals surface area contributed by atoms with Crippen molar-refractivity contribution in [3.63, 3.8) is 0 Å². The Hall–Kier alpha value is -3.27.